The van der Waals surface area contributed by atoms with Crippen LogP contribution in [0.25, 0.3) is 0 Å². The summed E-state index contributed by atoms with van der Waals surface area (Å²) in [6.45, 7) is 4.83. The summed E-state index contributed by atoms with van der Waals surface area (Å²) >= 11 is 2.13. The normalized spacial score (nSPS) is 14.5. The van der Waals surface area contributed by atoms with E-state index in [1.54, 1.807) is 0 Å². The third-order valence-corrected chi connectivity index (χ3v) is 7.45. The monoisotopic (exact) mass is 637 g/mol. The SMILES string of the molecule is CCCCCCCCCCCCCCCCCCN(OC)C(=O)OC(CC)N1CC(=O)N(CCI)C1=O. The lowest BCUT2D eigenvalue weighted by Gasteiger charge is -2.28. The van der Waals surface area contributed by atoms with Crippen LogP contribution >= 0.6 is 22.6 Å². The molecule has 1 unspecified atom stereocenters. The second-order valence-corrected chi connectivity index (χ2v) is 11.1. The number of hydrogen-bond acceptors (Lipinski definition) is 5. The molecule has 0 aliphatic carbocycles. The molecule has 4 amide bonds. The van der Waals surface area contributed by atoms with Crippen molar-refractivity contribution in [2.75, 3.05) is 31.2 Å². The minimum atomic E-state index is -0.786. The fourth-order valence-corrected chi connectivity index (χ4v) is 5.18. The van der Waals surface area contributed by atoms with Gasteiger partial charge in [-0.2, -0.15) is 5.06 Å². The largest absolute Gasteiger partial charge is 0.435 e. The molecule has 1 aliphatic rings. The number of alkyl halides is 1. The first-order valence-electron chi connectivity index (χ1n) is 14.7. The van der Waals surface area contributed by atoms with Gasteiger partial charge in [0.2, 0.25) is 5.91 Å². The molecule has 0 saturated carbocycles. The maximum absolute atomic E-state index is 12.6. The van der Waals surface area contributed by atoms with Crippen LogP contribution in [0, 0.1) is 0 Å². The van der Waals surface area contributed by atoms with Crippen molar-refractivity contribution in [2.45, 2.75) is 129 Å². The van der Waals surface area contributed by atoms with Crippen LogP contribution in [0.5, 0.6) is 0 Å². The molecule has 37 heavy (non-hydrogen) atoms. The average Bonchev–Trinajstić information content (AvgIpc) is 3.17. The van der Waals surface area contributed by atoms with Gasteiger partial charge in [-0.1, -0.05) is 133 Å². The van der Waals surface area contributed by atoms with Gasteiger partial charge in [-0.15, -0.1) is 0 Å². The molecular formula is C28H52IN3O5. The van der Waals surface area contributed by atoms with Crippen LogP contribution in [0.4, 0.5) is 9.59 Å². The Balaban J connectivity index is 2.12. The van der Waals surface area contributed by atoms with Crippen molar-refractivity contribution >= 4 is 40.6 Å². The number of unbranched alkanes of at least 4 members (excludes halogenated alkanes) is 15. The molecule has 1 aliphatic heterocycles. The van der Waals surface area contributed by atoms with E-state index in [0.29, 0.717) is 23.9 Å². The Morgan fingerprint density at radius 3 is 1.78 bits per heavy atom. The molecule has 8 nitrogen and oxygen atoms in total. The summed E-state index contributed by atoms with van der Waals surface area (Å²) in [5.74, 6) is -0.257. The molecule has 1 rings (SSSR count). The van der Waals surface area contributed by atoms with Crippen molar-refractivity contribution in [3.63, 3.8) is 0 Å². The van der Waals surface area contributed by atoms with Gasteiger partial charge in [-0.05, 0) is 6.42 Å². The number of urea groups is 1. The predicted molar refractivity (Wildman–Crippen MR) is 157 cm³/mol. The molecule has 0 aromatic rings. The maximum atomic E-state index is 12.6. The Kier molecular flexibility index (Phi) is 20.0. The van der Waals surface area contributed by atoms with Crippen LogP contribution in [-0.2, 0) is 14.4 Å². The first-order valence-corrected chi connectivity index (χ1v) is 16.2. The van der Waals surface area contributed by atoms with Gasteiger partial charge in [-0.25, -0.2) is 9.59 Å². The van der Waals surface area contributed by atoms with E-state index in [4.69, 9.17) is 9.57 Å². The van der Waals surface area contributed by atoms with E-state index < -0.39 is 18.4 Å². The van der Waals surface area contributed by atoms with Crippen molar-refractivity contribution in [3.05, 3.63) is 0 Å². The summed E-state index contributed by atoms with van der Waals surface area (Å²) in [4.78, 5) is 45.1. The van der Waals surface area contributed by atoms with Crippen LogP contribution in [0.2, 0.25) is 0 Å². The van der Waals surface area contributed by atoms with Crippen molar-refractivity contribution in [1.82, 2.24) is 14.9 Å². The van der Waals surface area contributed by atoms with Gasteiger partial charge in [0.25, 0.3) is 0 Å². The van der Waals surface area contributed by atoms with Crippen LogP contribution in [0.15, 0.2) is 0 Å². The van der Waals surface area contributed by atoms with Crippen molar-refractivity contribution in [3.8, 4) is 0 Å². The molecule has 0 aromatic carbocycles. The number of hydroxylamine groups is 2. The molecule has 1 saturated heterocycles. The van der Waals surface area contributed by atoms with Crippen LogP contribution in [0.1, 0.15) is 123 Å². The highest BCUT2D eigenvalue weighted by Crippen LogP contribution is 2.19. The molecule has 9 heteroatoms. The van der Waals surface area contributed by atoms with Crippen molar-refractivity contribution in [1.29, 1.82) is 0 Å². The molecule has 1 heterocycles. The summed E-state index contributed by atoms with van der Waals surface area (Å²) < 4.78 is 6.21. The fraction of sp³-hybridized carbons (Fsp3) is 0.893. The standard InChI is InChI=1S/C28H52IN3O5/c1-4-6-7-8-9-10-11-12-13-14-15-16-17-18-19-20-22-32(36-3)28(35)37-26(5-2)31-24-25(33)30(23-21-29)27(31)34/h26H,4-24H2,1-3H3. The van der Waals surface area contributed by atoms with E-state index >= 15 is 0 Å². The highest BCUT2D eigenvalue weighted by atomic mass is 127. The second-order valence-electron chi connectivity index (χ2n) is 9.98. The van der Waals surface area contributed by atoms with Crippen molar-refractivity contribution < 1.29 is 24.0 Å². The number of imide groups is 1. The lowest BCUT2D eigenvalue weighted by molar-refractivity contribution is -0.130. The second kappa shape index (κ2) is 21.8. The Morgan fingerprint density at radius 1 is 0.865 bits per heavy atom. The number of carbonyl (C=O) groups excluding carboxylic acids is 3. The third kappa shape index (κ3) is 14.0. The summed E-state index contributed by atoms with van der Waals surface area (Å²) in [6.07, 6.45) is 19.7. The number of halogens is 1. The zero-order valence-electron chi connectivity index (χ0n) is 23.7. The first-order chi connectivity index (χ1) is 18.0. The lowest BCUT2D eigenvalue weighted by atomic mass is 10.0. The van der Waals surface area contributed by atoms with E-state index in [2.05, 4.69) is 29.5 Å². The number of ether oxygens (including phenoxy) is 1. The zero-order valence-corrected chi connectivity index (χ0v) is 25.8. The highest BCUT2D eigenvalue weighted by molar-refractivity contribution is 14.1. The molecule has 216 valence electrons. The number of nitrogens with zero attached hydrogens (tertiary/aromatic N) is 3. The quantitative estimate of drug-likeness (QED) is 0.0378. The molecule has 0 aromatic heterocycles. The number of rotatable bonds is 23. The molecule has 1 atom stereocenters. The Morgan fingerprint density at radius 2 is 1.35 bits per heavy atom. The van der Waals surface area contributed by atoms with Crippen LogP contribution in [0.3, 0.4) is 0 Å². The molecular weight excluding hydrogens is 585 g/mol. The van der Waals surface area contributed by atoms with E-state index in [9.17, 15) is 14.4 Å². The Hall–Kier alpha value is -1.10. The van der Waals surface area contributed by atoms with E-state index in [1.165, 1.54) is 105 Å². The van der Waals surface area contributed by atoms with Gasteiger partial charge in [0.1, 0.15) is 6.54 Å². The highest BCUT2D eigenvalue weighted by Gasteiger charge is 2.40. The topological polar surface area (TPSA) is 79.4 Å². The van der Waals surface area contributed by atoms with Gasteiger partial charge in [0, 0.05) is 17.4 Å². The lowest BCUT2D eigenvalue weighted by Crippen LogP contribution is -2.44. The van der Waals surface area contributed by atoms with Crippen LogP contribution in [-0.4, -0.2) is 70.3 Å². The molecule has 0 spiro atoms. The molecule has 0 bridgehead atoms. The molecule has 0 N–H and O–H groups in total. The predicted octanol–water partition coefficient (Wildman–Crippen LogP) is 7.68. The van der Waals surface area contributed by atoms with E-state index in [1.807, 2.05) is 6.92 Å². The average molecular weight is 638 g/mol. The van der Waals surface area contributed by atoms with Crippen LogP contribution < -0.4 is 0 Å². The number of hydrogen-bond donors (Lipinski definition) is 0. The van der Waals surface area contributed by atoms with Gasteiger partial charge < -0.3 is 4.74 Å². The Labute approximate surface area is 239 Å². The van der Waals surface area contributed by atoms with Gasteiger partial charge in [0.15, 0.2) is 6.23 Å². The minimum absolute atomic E-state index is 0.0621. The van der Waals surface area contributed by atoms with Crippen molar-refractivity contribution in [2.24, 2.45) is 0 Å². The van der Waals surface area contributed by atoms with E-state index in [0.717, 1.165) is 19.3 Å². The third-order valence-electron chi connectivity index (χ3n) is 6.96. The van der Waals surface area contributed by atoms with Gasteiger partial charge >= 0.3 is 12.1 Å². The maximum Gasteiger partial charge on any atom is 0.435 e. The summed E-state index contributed by atoms with van der Waals surface area (Å²) in [5, 5.41) is 1.21. The summed E-state index contributed by atoms with van der Waals surface area (Å²) in [6, 6.07) is -0.400. The summed E-state index contributed by atoms with van der Waals surface area (Å²) in [7, 11) is 1.45. The molecule has 0 radical (unpaired) electrons. The smallest absolute Gasteiger partial charge is 0.424 e. The van der Waals surface area contributed by atoms with Gasteiger partial charge in [-0.3, -0.25) is 19.4 Å². The van der Waals surface area contributed by atoms with E-state index in [-0.39, 0.29) is 12.5 Å². The summed E-state index contributed by atoms with van der Waals surface area (Å²) in [5.41, 5.74) is 0. The van der Waals surface area contributed by atoms with Gasteiger partial charge in [0.05, 0.1) is 13.7 Å². The number of carbonyl (C=O) groups is 3. The Bertz CT molecular complexity index is 637. The first kappa shape index (κ1) is 33.9. The fourth-order valence-electron chi connectivity index (χ4n) is 4.69. The number of amides is 4. The zero-order chi connectivity index (χ0) is 27.3. The minimum Gasteiger partial charge on any atom is -0.424 e. The molecule has 1 fully saturated rings.